The van der Waals surface area contributed by atoms with E-state index in [2.05, 4.69) is 0 Å². The Balaban J connectivity index is 0.000000271. The van der Waals surface area contributed by atoms with Gasteiger partial charge in [0.05, 0.1) is 86.9 Å². The molecule has 4 aromatic carbocycles. The quantitative estimate of drug-likeness (QED) is 0.0303. The maximum Gasteiger partial charge on any atom is 0.323 e. The molecule has 4 aromatic rings. The summed E-state index contributed by atoms with van der Waals surface area (Å²) < 4.78 is 621. The number of carbonyl (C=O) groups is 4. The van der Waals surface area contributed by atoms with Crippen LogP contribution < -0.4 is 60.8 Å². The molecular weight excluding hydrogens is 1520 g/mol. The van der Waals surface area contributed by atoms with E-state index in [1.807, 2.05) is 0 Å². The zero-order valence-electron chi connectivity index (χ0n) is 136. The summed E-state index contributed by atoms with van der Waals surface area (Å²) in [5.41, 5.74) is 18.8. The first-order valence-electron chi connectivity index (χ1n) is 71.4. The Morgan fingerprint density at radius 3 is 1.06 bits per heavy atom. The van der Waals surface area contributed by atoms with Gasteiger partial charge in [-0.2, -0.15) is 0 Å². The van der Waals surface area contributed by atoms with Crippen LogP contribution in [0.3, 0.4) is 0 Å². The normalized spacial score (nSPS) is 43.2. The Hall–Kier alpha value is -7.16. The number of methoxy groups -OCH3 is 8. The van der Waals surface area contributed by atoms with Crippen molar-refractivity contribution in [1.82, 2.24) is 19.6 Å². The van der Waals surface area contributed by atoms with Crippen LogP contribution in [-0.4, -0.2) is 201 Å². The fourth-order valence-corrected chi connectivity index (χ4v) is 14.2. The molecule has 120 heavy (non-hydrogen) atoms. The Morgan fingerprint density at radius 1 is 0.425 bits per heavy atom. The lowest BCUT2D eigenvalue weighted by Crippen LogP contribution is -2.51. The predicted molar refractivity (Wildman–Crippen MR) is 471 cm³/mol. The van der Waals surface area contributed by atoms with Crippen LogP contribution in [0.25, 0.3) is 0 Å². The lowest BCUT2D eigenvalue weighted by molar-refractivity contribution is -0.161. The smallest absolute Gasteiger partial charge is 0.323 e. The lowest BCUT2D eigenvalue weighted by Gasteiger charge is -2.47. The van der Waals surface area contributed by atoms with Gasteiger partial charge in [0.1, 0.15) is 48.4 Å². The molecule has 8 aliphatic rings. The van der Waals surface area contributed by atoms with Crippen molar-refractivity contribution in [2.45, 2.75) is 260 Å². The van der Waals surface area contributed by atoms with Crippen molar-refractivity contribution < 1.29 is 168 Å². The summed E-state index contributed by atoms with van der Waals surface area (Å²) in [4.78, 5) is 57.6. The van der Waals surface area contributed by atoms with Gasteiger partial charge in [0.15, 0.2) is 46.0 Å². The molecule has 12 rings (SSSR count). The molecule has 0 spiro atoms. The van der Waals surface area contributed by atoms with Crippen molar-refractivity contribution in [3.63, 3.8) is 0 Å². The number of nitrogens with two attached hydrogens (primary N) is 4. The SMILES string of the molecule is [2H]C1([2H])C2c3cc(OC)c(OC)cc3CCN2C([2H])([2H])C([2H])(CC(C)C)C1OC(=O)[C@@]([2H])(N)C([2H])(C([2H])([2H])[2H])C([2H])([2H])[2H].[2H]c1c(OC)c(OC([2H])([2H])[2H])c([2H])c2c1C1([2H])CC([2H])(OC(=O)[C@@]([2H])(N)C([2H])(C([2H])([2H])[2H])C([2H])([2H])[2H])C(CC(C)C)CN1C([2H])([2H])C2([2H])[2H].[2H]c1c(OC)c(OC([2H])([2H])[2H])c([2H])c2c1C1([2H])CC([2H])(OC(=O)[C@@]([2H])(N)C([2H])(C([2H])([2H])[2H])C([2H])([2H])[2H])C(CC(C)C)CN1C([2H])([2H])C2([2H])[2H].[2H]c1c(OC)c(OC)c([2H])c2c1C1([2H])CC([2H])(OC(=O)[C@@]([2H])(N)C([2H])(C([2H])([2H])[2H])C([2H])([2H])[2H])C(CC(C)C)CN1C([2H])([2H])C2([2H])[2H]. The number of carbonyl (C=O) groups excluding carboxylic acids is 4. The number of piperidine rings is 4. The molecule has 0 aliphatic carbocycles. The summed E-state index contributed by atoms with van der Waals surface area (Å²) >= 11 is 0. The lowest BCUT2D eigenvalue weighted by atomic mass is 9.79. The molecule has 8 N–H and O–H groups in total. The van der Waals surface area contributed by atoms with Crippen LogP contribution in [0.5, 0.6) is 46.0 Å². The van der Waals surface area contributed by atoms with Crippen molar-refractivity contribution in [3.05, 3.63) is 92.9 Å². The van der Waals surface area contributed by atoms with Crippen LogP contribution in [0.4, 0.5) is 0 Å². The number of hydrogen-bond acceptors (Lipinski definition) is 24. The van der Waals surface area contributed by atoms with Gasteiger partial charge in [0.25, 0.3) is 0 Å². The van der Waals surface area contributed by atoms with Gasteiger partial charge in [0.2, 0.25) is 0 Å². The van der Waals surface area contributed by atoms with Crippen molar-refractivity contribution in [1.29, 1.82) is 0 Å². The van der Waals surface area contributed by atoms with E-state index in [0.717, 1.165) is 33.3 Å². The van der Waals surface area contributed by atoms with Crippen molar-refractivity contribution in [2.24, 2.45) is 93.8 Å². The van der Waals surface area contributed by atoms with Gasteiger partial charge in [-0.1, -0.05) is 110 Å². The first kappa shape index (κ1) is 40.0. The molecule has 0 bridgehead atoms. The van der Waals surface area contributed by atoms with Crippen molar-refractivity contribution >= 4 is 23.9 Å². The van der Waals surface area contributed by atoms with E-state index in [4.69, 9.17) is 159 Å². The van der Waals surface area contributed by atoms with Crippen molar-refractivity contribution in [3.8, 4) is 46.0 Å². The molecule has 24 heteroatoms. The Morgan fingerprint density at radius 2 is 0.742 bits per heavy atom. The van der Waals surface area contributed by atoms with E-state index in [9.17, 15) is 31.5 Å². The van der Waals surface area contributed by atoms with E-state index in [0.29, 0.717) is 21.1 Å². The fourth-order valence-electron chi connectivity index (χ4n) is 14.2. The van der Waals surface area contributed by atoms with E-state index >= 15 is 0 Å². The fraction of sp³-hybridized carbons (Fsp3) is 0.708. The molecule has 12 unspecified atom stereocenters. The highest BCUT2D eigenvalue weighted by Gasteiger charge is 2.47. The minimum absolute atomic E-state index is 0.0290. The minimum atomic E-state index is -4.00. The minimum Gasteiger partial charge on any atom is -0.493 e. The van der Waals surface area contributed by atoms with E-state index in [1.165, 1.54) is 25.2 Å². The molecular formula is C96H152N8O16. The second-order valence-electron chi connectivity index (χ2n) is 30.0. The molecule has 0 aromatic heterocycles. The summed E-state index contributed by atoms with van der Waals surface area (Å²) in [5, 5.41) is 0. The molecule has 8 aliphatic heterocycles. The van der Waals surface area contributed by atoms with Crippen LogP contribution in [0, 0.1) is 70.9 Å². The van der Waals surface area contributed by atoms with Crippen LogP contribution >= 0.6 is 0 Å². The maximum absolute atomic E-state index is 13.6. The summed E-state index contributed by atoms with van der Waals surface area (Å²) in [7, 11) is 0.439. The zero-order chi connectivity index (χ0) is 146. The standard InChI is InChI=1S/4C24H38N2O4/c4*1-14(2)9-17-13-26-8-7-16-10-21(28-5)22(29-6)11-18(16)19(26)12-20(17)30-24(27)23(25)15(3)4/h4*10-11,14-15,17,19-20,23H,7-9,12-13,25H2,1-6H3/t4*17?,19?,20?,23-/m0000/s1/i2*3D3,4D3,5D3,7D2,8D2,10D,11D,15D,19D,20D,23D;3D3,4D3,7D2,8D2,10D,11D,15D,19D,20D,23D;3D3,4D3,12D2,13D2,15D,17D,23D. The van der Waals surface area contributed by atoms with Gasteiger partial charge in [0, 0.05) is 187 Å². The third-order valence-corrected chi connectivity index (χ3v) is 19.7. The van der Waals surface area contributed by atoms with Gasteiger partial charge in [-0.05, 0) is 191 Å². The first-order valence-corrected chi connectivity index (χ1v) is 37.9. The Labute approximate surface area is 812 Å². The molecule has 0 saturated carbocycles. The molecule has 4 saturated heterocycles. The molecule has 16 atom stereocenters. The third-order valence-electron chi connectivity index (χ3n) is 19.7. The van der Waals surface area contributed by atoms with Gasteiger partial charge in [-0.3, -0.25) is 38.8 Å². The van der Waals surface area contributed by atoms with E-state index < -0.39 is 413 Å². The highest BCUT2D eigenvalue weighted by atomic mass is 16.6. The number of fused-ring (bicyclic) bond motifs is 12. The summed E-state index contributed by atoms with van der Waals surface area (Å²) in [5.74, 6) is -36.0. The summed E-state index contributed by atoms with van der Waals surface area (Å²) in [6.45, 7) is -31.9. The largest absolute Gasteiger partial charge is 0.493 e. The second kappa shape index (κ2) is 43.9. The number of hydrogen-bond donors (Lipinski definition) is 4. The second-order valence-corrected chi connectivity index (χ2v) is 30.0. The van der Waals surface area contributed by atoms with Crippen LogP contribution in [-0.2, 0) is 63.7 Å². The van der Waals surface area contributed by atoms with E-state index in [-0.39, 0.29) is 67.7 Å². The average Bonchev–Trinajstić information content (AvgIpc) is 0.672. The first-order chi connectivity index (χ1) is 82.9. The van der Waals surface area contributed by atoms with E-state index in [1.54, 1.807) is 61.5 Å². The number of esters is 4. The summed E-state index contributed by atoms with van der Waals surface area (Å²) in [6, 6.07) is -27.5. The van der Waals surface area contributed by atoms with Gasteiger partial charge >= 0.3 is 23.9 Å². The summed E-state index contributed by atoms with van der Waals surface area (Å²) in [6.07, 6.45) is -26.7. The van der Waals surface area contributed by atoms with Gasteiger partial charge in [-0.25, -0.2) is 0 Å². The number of ether oxygens (including phenoxy) is 12. The molecule has 4 fully saturated rings. The van der Waals surface area contributed by atoms with Gasteiger partial charge < -0.3 is 79.8 Å². The number of nitrogens with zero attached hydrogens (tertiary/aromatic N) is 4. The third kappa shape index (κ3) is 23.8. The maximum atomic E-state index is 13.6. The molecule has 24 nitrogen and oxygen atoms in total. The zero-order valence-corrected chi connectivity index (χ0v) is 69.0. The Kier molecular flexibility index (Phi) is 14.6. The number of rotatable bonds is 28. The van der Waals surface area contributed by atoms with Crippen molar-refractivity contribution in [2.75, 3.05) is 109 Å². The number of benzene rings is 4. The average molecular weight is 1740 g/mol. The monoisotopic (exact) mass is 1740 g/mol. The van der Waals surface area contributed by atoms with Gasteiger partial charge in [-0.15, -0.1) is 0 Å². The molecule has 8 heterocycles. The molecule has 672 valence electrons. The molecule has 0 radical (unpaired) electrons. The van der Waals surface area contributed by atoms with Crippen LogP contribution in [0.2, 0.25) is 0 Å². The topological polar surface area (TPSA) is 296 Å². The molecule has 0 amide bonds. The highest BCUT2D eigenvalue weighted by molar-refractivity contribution is 5.77. The Bertz CT molecular complexity index is 6950. The van der Waals surface area contributed by atoms with Crippen LogP contribution in [0.15, 0.2) is 48.4 Å². The predicted octanol–water partition coefficient (Wildman–Crippen LogP) is 14.3. The van der Waals surface area contributed by atoms with Crippen LogP contribution in [0.1, 0.15) is 322 Å². The highest BCUT2D eigenvalue weighted by Crippen LogP contribution is 2.50.